The van der Waals surface area contributed by atoms with E-state index < -0.39 is 0 Å². The van der Waals surface area contributed by atoms with Gasteiger partial charge in [0.1, 0.15) is 5.52 Å². The van der Waals surface area contributed by atoms with Crippen LogP contribution >= 0.6 is 11.5 Å². The Morgan fingerprint density at radius 3 is 3.20 bits per heavy atom. The van der Waals surface area contributed by atoms with Crippen molar-refractivity contribution < 1.29 is 0 Å². The standard InChI is InChI=1S/C5H4N4S/c6-5-4-3(1-2-7-5)10-9-8-4/h1-2H,(H2,6,7). The van der Waals surface area contributed by atoms with Gasteiger partial charge in [-0.25, -0.2) is 4.98 Å². The van der Waals surface area contributed by atoms with Crippen molar-refractivity contribution in [2.24, 2.45) is 0 Å². The number of anilines is 1. The molecule has 0 spiro atoms. The van der Waals surface area contributed by atoms with Gasteiger partial charge in [0, 0.05) is 6.20 Å². The minimum atomic E-state index is 0.450. The van der Waals surface area contributed by atoms with E-state index in [9.17, 15) is 0 Å². The van der Waals surface area contributed by atoms with E-state index in [1.807, 2.05) is 6.07 Å². The second-order valence-electron chi connectivity index (χ2n) is 1.82. The smallest absolute Gasteiger partial charge is 0.152 e. The zero-order valence-electron chi connectivity index (χ0n) is 4.98. The fraction of sp³-hybridized carbons (Fsp3) is 0. The molecule has 0 saturated carbocycles. The topological polar surface area (TPSA) is 64.7 Å². The monoisotopic (exact) mass is 152 g/mol. The number of pyridine rings is 1. The van der Waals surface area contributed by atoms with Crippen molar-refractivity contribution in [3.05, 3.63) is 12.3 Å². The molecule has 10 heavy (non-hydrogen) atoms. The van der Waals surface area contributed by atoms with Crippen LogP contribution in [0.25, 0.3) is 10.2 Å². The first-order valence-corrected chi connectivity index (χ1v) is 3.48. The van der Waals surface area contributed by atoms with Gasteiger partial charge in [0.05, 0.1) is 4.70 Å². The second kappa shape index (κ2) is 1.88. The highest BCUT2D eigenvalue weighted by Gasteiger charge is 2.00. The van der Waals surface area contributed by atoms with Gasteiger partial charge in [0.15, 0.2) is 5.82 Å². The molecule has 0 aliphatic rings. The molecule has 0 aliphatic heterocycles. The first-order valence-electron chi connectivity index (χ1n) is 2.70. The van der Waals surface area contributed by atoms with Gasteiger partial charge >= 0.3 is 0 Å². The molecule has 4 nitrogen and oxygen atoms in total. The van der Waals surface area contributed by atoms with Gasteiger partial charge in [-0.15, -0.1) is 5.10 Å². The van der Waals surface area contributed by atoms with Crippen LogP contribution in [0.3, 0.4) is 0 Å². The van der Waals surface area contributed by atoms with Crippen molar-refractivity contribution in [2.45, 2.75) is 0 Å². The quantitative estimate of drug-likeness (QED) is 0.602. The highest BCUT2D eigenvalue weighted by atomic mass is 32.1. The van der Waals surface area contributed by atoms with Gasteiger partial charge < -0.3 is 5.73 Å². The van der Waals surface area contributed by atoms with E-state index in [2.05, 4.69) is 14.6 Å². The van der Waals surface area contributed by atoms with E-state index >= 15 is 0 Å². The molecule has 2 rings (SSSR count). The van der Waals surface area contributed by atoms with Gasteiger partial charge in [0.2, 0.25) is 0 Å². The van der Waals surface area contributed by atoms with Crippen molar-refractivity contribution >= 4 is 27.6 Å². The average molecular weight is 152 g/mol. The van der Waals surface area contributed by atoms with E-state index in [0.717, 1.165) is 4.70 Å². The number of nitrogen functional groups attached to an aromatic ring is 1. The van der Waals surface area contributed by atoms with Crippen molar-refractivity contribution in [2.75, 3.05) is 5.73 Å². The summed E-state index contributed by atoms with van der Waals surface area (Å²) in [6.07, 6.45) is 1.65. The molecule has 2 aromatic rings. The largest absolute Gasteiger partial charge is 0.382 e. The van der Waals surface area contributed by atoms with Crippen molar-refractivity contribution in [1.82, 2.24) is 14.6 Å². The highest BCUT2D eigenvalue weighted by molar-refractivity contribution is 7.13. The Morgan fingerprint density at radius 2 is 2.40 bits per heavy atom. The third-order valence-corrected chi connectivity index (χ3v) is 1.88. The Morgan fingerprint density at radius 1 is 1.50 bits per heavy atom. The van der Waals surface area contributed by atoms with E-state index in [4.69, 9.17) is 5.73 Å². The molecule has 0 amide bonds. The average Bonchev–Trinajstić information content (AvgIpc) is 2.36. The summed E-state index contributed by atoms with van der Waals surface area (Å²) in [6.45, 7) is 0. The molecule has 0 aliphatic carbocycles. The van der Waals surface area contributed by atoms with Crippen LogP contribution in [0.4, 0.5) is 5.82 Å². The Hall–Kier alpha value is -1.23. The number of nitrogens with zero attached hydrogens (tertiary/aromatic N) is 3. The molecule has 2 heterocycles. The Balaban J connectivity index is 2.95. The highest BCUT2D eigenvalue weighted by Crippen LogP contribution is 2.17. The maximum Gasteiger partial charge on any atom is 0.152 e. The Labute approximate surface area is 60.9 Å². The van der Waals surface area contributed by atoms with E-state index in [-0.39, 0.29) is 0 Å². The summed E-state index contributed by atoms with van der Waals surface area (Å²) in [5.74, 6) is 0.450. The number of hydrogen-bond donors (Lipinski definition) is 1. The Kier molecular flexibility index (Phi) is 1.04. The molecule has 0 radical (unpaired) electrons. The molecule has 0 aromatic carbocycles. The number of fused-ring (bicyclic) bond motifs is 1. The van der Waals surface area contributed by atoms with Crippen molar-refractivity contribution in [1.29, 1.82) is 0 Å². The third-order valence-electron chi connectivity index (χ3n) is 1.20. The van der Waals surface area contributed by atoms with Crippen LogP contribution in [0.2, 0.25) is 0 Å². The first kappa shape index (κ1) is 5.55. The van der Waals surface area contributed by atoms with Gasteiger partial charge in [-0.3, -0.25) is 0 Å². The minimum absolute atomic E-state index is 0.450. The van der Waals surface area contributed by atoms with Crippen LogP contribution < -0.4 is 5.73 Å². The molecule has 0 bridgehead atoms. The fourth-order valence-electron chi connectivity index (χ4n) is 0.731. The zero-order chi connectivity index (χ0) is 6.97. The maximum atomic E-state index is 5.49. The van der Waals surface area contributed by atoms with E-state index in [0.29, 0.717) is 11.3 Å². The van der Waals surface area contributed by atoms with Crippen LogP contribution in [-0.2, 0) is 0 Å². The molecule has 50 valence electrons. The summed E-state index contributed by atoms with van der Waals surface area (Å²) in [5, 5.41) is 3.80. The molecular weight excluding hydrogens is 148 g/mol. The molecule has 2 N–H and O–H groups in total. The van der Waals surface area contributed by atoms with Gasteiger partial charge in [-0.1, -0.05) is 4.49 Å². The molecule has 5 heteroatoms. The normalized spacial score (nSPS) is 10.4. The Bertz CT molecular complexity index is 355. The molecule has 0 atom stereocenters. The molecule has 2 aromatic heterocycles. The number of hydrogen-bond acceptors (Lipinski definition) is 5. The predicted octanol–water partition coefficient (Wildman–Crippen LogP) is 0.668. The lowest BCUT2D eigenvalue weighted by Crippen LogP contribution is -1.89. The fourth-order valence-corrected chi connectivity index (χ4v) is 1.29. The van der Waals surface area contributed by atoms with Gasteiger partial charge in [-0.2, -0.15) is 0 Å². The summed E-state index contributed by atoms with van der Waals surface area (Å²) in [5.41, 5.74) is 6.20. The number of rotatable bonds is 0. The summed E-state index contributed by atoms with van der Waals surface area (Å²) < 4.78 is 4.71. The minimum Gasteiger partial charge on any atom is -0.382 e. The number of aromatic nitrogens is 3. The van der Waals surface area contributed by atoms with Crippen LogP contribution in [0.15, 0.2) is 12.3 Å². The molecule has 0 fully saturated rings. The third kappa shape index (κ3) is 0.640. The van der Waals surface area contributed by atoms with Gasteiger partial charge in [0.25, 0.3) is 0 Å². The summed E-state index contributed by atoms with van der Waals surface area (Å²) in [7, 11) is 0. The lowest BCUT2D eigenvalue weighted by atomic mass is 10.4. The summed E-state index contributed by atoms with van der Waals surface area (Å²) in [4.78, 5) is 3.86. The molecule has 0 saturated heterocycles. The molecular formula is C5H4N4S. The van der Waals surface area contributed by atoms with Crippen LogP contribution in [0.5, 0.6) is 0 Å². The van der Waals surface area contributed by atoms with Crippen LogP contribution in [-0.4, -0.2) is 14.6 Å². The summed E-state index contributed by atoms with van der Waals surface area (Å²) >= 11 is 1.32. The van der Waals surface area contributed by atoms with Crippen LogP contribution in [0, 0.1) is 0 Å². The zero-order valence-corrected chi connectivity index (χ0v) is 5.80. The van der Waals surface area contributed by atoms with Crippen molar-refractivity contribution in [3.8, 4) is 0 Å². The van der Waals surface area contributed by atoms with Gasteiger partial charge in [-0.05, 0) is 17.6 Å². The maximum absolute atomic E-state index is 5.49. The predicted molar refractivity (Wildman–Crippen MR) is 39.6 cm³/mol. The van der Waals surface area contributed by atoms with E-state index in [1.165, 1.54) is 11.5 Å². The lowest BCUT2D eigenvalue weighted by molar-refractivity contribution is 1.19. The van der Waals surface area contributed by atoms with Crippen LogP contribution in [0.1, 0.15) is 0 Å². The lowest BCUT2D eigenvalue weighted by Gasteiger charge is -1.87. The van der Waals surface area contributed by atoms with E-state index in [1.54, 1.807) is 6.20 Å². The molecule has 0 unspecified atom stereocenters. The SMILES string of the molecule is Nc1nccc2snnc12. The second-order valence-corrected chi connectivity index (χ2v) is 2.60. The van der Waals surface area contributed by atoms with Crippen molar-refractivity contribution in [3.63, 3.8) is 0 Å². The number of nitrogens with two attached hydrogens (primary N) is 1. The first-order chi connectivity index (χ1) is 4.88. The summed E-state index contributed by atoms with van der Waals surface area (Å²) in [6, 6.07) is 1.84.